The molecule has 0 fully saturated rings. The Labute approximate surface area is 175 Å². The van der Waals surface area contributed by atoms with Crippen LogP contribution in [0.1, 0.15) is 11.6 Å². The van der Waals surface area contributed by atoms with Crippen molar-refractivity contribution in [2.75, 3.05) is 20.0 Å². The molecule has 11 heteroatoms. The third-order valence-electron chi connectivity index (χ3n) is 4.90. The van der Waals surface area contributed by atoms with Gasteiger partial charge in [0.2, 0.25) is 11.8 Å². The van der Waals surface area contributed by atoms with Crippen molar-refractivity contribution >= 4 is 28.6 Å². The van der Waals surface area contributed by atoms with E-state index in [1.807, 2.05) is 6.07 Å². The first-order valence-corrected chi connectivity index (χ1v) is 9.26. The largest absolute Gasteiger partial charge is 0.496 e. The van der Waals surface area contributed by atoms with Crippen molar-refractivity contribution in [1.82, 2.24) is 29.4 Å². The molecule has 0 amide bonds. The molecule has 1 aromatic carbocycles. The highest BCUT2D eigenvalue weighted by Crippen LogP contribution is 2.32. The molecular weight excluding hydrogens is 402 g/mol. The smallest absolute Gasteiger partial charge is 0.335 e. The molecule has 0 aliphatic heterocycles. The monoisotopic (exact) mass is 419 g/mol. The molecule has 31 heavy (non-hydrogen) atoms. The summed E-state index contributed by atoms with van der Waals surface area (Å²) in [6.45, 7) is 0. The summed E-state index contributed by atoms with van der Waals surface area (Å²) in [5.74, 6) is 0.905. The van der Waals surface area contributed by atoms with Crippen molar-refractivity contribution in [2.45, 2.75) is 6.04 Å². The second-order valence-corrected chi connectivity index (χ2v) is 6.61. The Morgan fingerprint density at radius 1 is 1.13 bits per heavy atom. The summed E-state index contributed by atoms with van der Waals surface area (Å²) in [5, 5.41) is 9.35. The molecule has 0 aliphatic rings. The van der Waals surface area contributed by atoms with Gasteiger partial charge in [0.15, 0.2) is 23.1 Å². The Balaban J connectivity index is 1.75. The highest BCUT2D eigenvalue weighted by Gasteiger charge is 2.30. The summed E-state index contributed by atoms with van der Waals surface area (Å²) < 4.78 is 18.7. The number of esters is 1. The maximum atomic E-state index is 12.8. The lowest BCUT2D eigenvalue weighted by molar-refractivity contribution is -0.143. The summed E-state index contributed by atoms with van der Waals surface area (Å²) in [4.78, 5) is 21.8. The first-order valence-electron chi connectivity index (χ1n) is 9.26. The highest BCUT2D eigenvalue weighted by molar-refractivity contribution is 5.92. The van der Waals surface area contributed by atoms with E-state index in [0.717, 1.165) is 0 Å². The number of hydrogen-bond donors (Lipinski definition) is 1. The number of fused-ring (bicyclic) bond motifs is 3. The number of benzene rings is 1. The number of methoxy groups -OCH3 is 2. The van der Waals surface area contributed by atoms with Gasteiger partial charge in [0, 0.05) is 5.56 Å². The zero-order chi connectivity index (χ0) is 21.5. The molecule has 5 aromatic rings. The van der Waals surface area contributed by atoms with Gasteiger partial charge in [0.05, 0.1) is 32.1 Å². The van der Waals surface area contributed by atoms with Crippen LogP contribution >= 0.6 is 0 Å². The van der Waals surface area contributed by atoms with Gasteiger partial charge in [-0.25, -0.2) is 14.5 Å². The molecule has 4 heterocycles. The lowest BCUT2D eigenvalue weighted by atomic mass is 10.1. The van der Waals surface area contributed by atoms with Gasteiger partial charge in [-0.15, -0.1) is 5.10 Å². The summed E-state index contributed by atoms with van der Waals surface area (Å²) in [7, 11) is 2.84. The van der Waals surface area contributed by atoms with Crippen LogP contribution < -0.4 is 10.5 Å². The Morgan fingerprint density at radius 2 is 1.97 bits per heavy atom. The summed E-state index contributed by atoms with van der Waals surface area (Å²) >= 11 is 0. The fourth-order valence-corrected chi connectivity index (χ4v) is 3.49. The predicted molar refractivity (Wildman–Crippen MR) is 109 cm³/mol. The normalized spacial score (nSPS) is 12.3. The molecule has 1 atom stereocenters. The molecule has 2 N–H and O–H groups in total. The van der Waals surface area contributed by atoms with E-state index in [2.05, 4.69) is 20.2 Å². The maximum absolute atomic E-state index is 12.8. The van der Waals surface area contributed by atoms with Crippen LogP contribution in [0.4, 0.5) is 5.95 Å². The van der Waals surface area contributed by atoms with Crippen LogP contribution in [0.15, 0.2) is 53.3 Å². The second-order valence-electron chi connectivity index (χ2n) is 6.61. The van der Waals surface area contributed by atoms with Crippen molar-refractivity contribution in [3.8, 4) is 17.3 Å². The van der Waals surface area contributed by atoms with Gasteiger partial charge in [-0.2, -0.15) is 14.6 Å². The number of nitrogens with zero attached hydrogens (tertiary/aromatic N) is 6. The Hall–Kier alpha value is -4.41. The average molecular weight is 419 g/mol. The quantitative estimate of drug-likeness (QED) is 0.425. The molecule has 156 valence electrons. The van der Waals surface area contributed by atoms with E-state index < -0.39 is 12.0 Å². The molecule has 4 aromatic heterocycles. The van der Waals surface area contributed by atoms with E-state index in [9.17, 15) is 4.79 Å². The van der Waals surface area contributed by atoms with Crippen LogP contribution in [0.2, 0.25) is 0 Å². The number of para-hydroxylation sites is 1. The average Bonchev–Trinajstić information content (AvgIpc) is 3.54. The fourth-order valence-electron chi connectivity index (χ4n) is 3.49. The molecule has 0 spiro atoms. The minimum Gasteiger partial charge on any atom is -0.496 e. The number of nitrogens with two attached hydrogens (primary N) is 1. The topological polar surface area (TPSA) is 136 Å². The van der Waals surface area contributed by atoms with E-state index in [0.29, 0.717) is 39.6 Å². The molecule has 0 saturated carbocycles. The lowest BCUT2D eigenvalue weighted by Crippen LogP contribution is -2.24. The van der Waals surface area contributed by atoms with Crippen LogP contribution in [0.3, 0.4) is 0 Å². The van der Waals surface area contributed by atoms with Gasteiger partial charge in [-0.3, -0.25) is 0 Å². The number of anilines is 1. The van der Waals surface area contributed by atoms with E-state index in [1.54, 1.807) is 36.5 Å². The fraction of sp³-hybridized carbons (Fsp3) is 0.150. The van der Waals surface area contributed by atoms with Crippen molar-refractivity contribution in [3.05, 3.63) is 54.4 Å². The van der Waals surface area contributed by atoms with E-state index in [1.165, 1.54) is 29.7 Å². The number of rotatable bonds is 5. The van der Waals surface area contributed by atoms with Crippen molar-refractivity contribution in [1.29, 1.82) is 0 Å². The van der Waals surface area contributed by atoms with Crippen LogP contribution in [0.25, 0.3) is 28.3 Å². The standard InChI is InChI=1S/C20H17N7O4/c1-29-13-7-4-3-6-11(13)15(19(28)30-2)26-18-12(10-22-26)17-23-16(14-8-5-9-31-14)25-27(17)20(21)24-18/h3-10,15H,1-2H3,(H2,21,24). The molecule has 1 unspecified atom stereocenters. The molecular formula is C20H17N7O4. The minimum absolute atomic E-state index is 0.0817. The predicted octanol–water partition coefficient (Wildman–Crippen LogP) is 2.09. The molecule has 0 saturated heterocycles. The summed E-state index contributed by atoms with van der Waals surface area (Å²) in [6, 6.07) is 9.67. The molecule has 0 bridgehead atoms. The van der Waals surface area contributed by atoms with Gasteiger partial charge >= 0.3 is 5.97 Å². The van der Waals surface area contributed by atoms with Gasteiger partial charge in [-0.05, 0) is 18.2 Å². The SMILES string of the molecule is COC(=O)C(c1ccccc1OC)n1ncc2c1nc(N)n1nc(-c3ccco3)nc21. The van der Waals surface area contributed by atoms with E-state index in [-0.39, 0.29) is 5.95 Å². The van der Waals surface area contributed by atoms with Crippen LogP contribution in [0.5, 0.6) is 5.75 Å². The van der Waals surface area contributed by atoms with Gasteiger partial charge in [0.1, 0.15) is 5.75 Å². The molecule has 0 aliphatic carbocycles. The third kappa shape index (κ3) is 2.86. The first kappa shape index (κ1) is 18.6. The first-order chi connectivity index (χ1) is 15.1. The summed E-state index contributed by atoms with van der Waals surface area (Å²) in [6.07, 6.45) is 3.09. The number of hydrogen-bond acceptors (Lipinski definition) is 9. The number of ether oxygens (including phenoxy) is 2. The number of nitrogen functional groups attached to an aromatic ring is 1. The van der Waals surface area contributed by atoms with E-state index in [4.69, 9.17) is 19.6 Å². The van der Waals surface area contributed by atoms with Crippen LogP contribution in [-0.2, 0) is 9.53 Å². The number of aromatic nitrogens is 6. The lowest BCUT2D eigenvalue weighted by Gasteiger charge is -2.18. The Kier molecular flexibility index (Phi) is 4.28. The maximum Gasteiger partial charge on any atom is 0.335 e. The number of carbonyl (C=O) groups excluding carboxylic acids is 1. The number of carbonyl (C=O) groups is 1. The zero-order valence-electron chi connectivity index (χ0n) is 16.6. The minimum atomic E-state index is -0.944. The van der Waals surface area contributed by atoms with Crippen LogP contribution in [0, 0.1) is 0 Å². The van der Waals surface area contributed by atoms with Crippen molar-refractivity contribution in [2.24, 2.45) is 0 Å². The Bertz CT molecular complexity index is 1400. The van der Waals surface area contributed by atoms with Gasteiger partial charge < -0.3 is 19.6 Å². The highest BCUT2D eigenvalue weighted by atomic mass is 16.5. The molecule has 5 rings (SSSR count). The summed E-state index contributed by atoms with van der Waals surface area (Å²) in [5.41, 5.74) is 7.51. The molecule has 0 radical (unpaired) electrons. The number of furan rings is 1. The second kappa shape index (κ2) is 7.13. The van der Waals surface area contributed by atoms with Crippen molar-refractivity contribution < 1.29 is 18.7 Å². The van der Waals surface area contributed by atoms with Crippen molar-refractivity contribution in [3.63, 3.8) is 0 Å². The van der Waals surface area contributed by atoms with E-state index >= 15 is 0 Å². The van der Waals surface area contributed by atoms with Crippen LogP contribution in [-0.4, -0.2) is 49.6 Å². The third-order valence-corrected chi connectivity index (χ3v) is 4.90. The Morgan fingerprint density at radius 3 is 2.71 bits per heavy atom. The molecule has 11 nitrogen and oxygen atoms in total. The van der Waals surface area contributed by atoms with Gasteiger partial charge in [-0.1, -0.05) is 18.2 Å². The zero-order valence-corrected chi connectivity index (χ0v) is 16.6. The van der Waals surface area contributed by atoms with Gasteiger partial charge in [0.25, 0.3) is 0 Å².